The number of aliphatic hydroxyl groups is 1. The molecule has 0 radical (unpaired) electrons. The van der Waals surface area contributed by atoms with Gasteiger partial charge in [0, 0.05) is 12.6 Å². The van der Waals surface area contributed by atoms with Gasteiger partial charge in [0.2, 0.25) is 0 Å². The summed E-state index contributed by atoms with van der Waals surface area (Å²) in [6.07, 6.45) is 2.74. The lowest BCUT2D eigenvalue weighted by molar-refractivity contribution is 0.00783. The second kappa shape index (κ2) is 7.54. The molecule has 0 bridgehead atoms. The summed E-state index contributed by atoms with van der Waals surface area (Å²) in [5.41, 5.74) is -0.847. The Balaban J connectivity index is 4.06. The summed E-state index contributed by atoms with van der Waals surface area (Å²) < 4.78 is 0. The lowest BCUT2D eigenvalue weighted by Gasteiger charge is -2.30. The highest BCUT2D eigenvalue weighted by atomic mass is 16.3. The third-order valence-corrected chi connectivity index (χ3v) is 3.60. The van der Waals surface area contributed by atoms with Crippen LogP contribution in [0, 0.1) is 5.92 Å². The van der Waals surface area contributed by atoms with Gasteiger partial charge < -0.3 is 15.7 Å². The molecule has 0 aliphatic rings. The number of urea groups is 1. The van der Waals surface area contributed by atoms with E-state index in [-0.39, 0.29) is 24.5 Å². The molecule has 0 aromatic carbocycles. The molecule has 2 unspecified atom stereocenters. The van der Waals surface area contributed by atoms with Crippen LogP contribution in [0.3, 0.4) is 0 Å². The minimum atomic E-state index is -0.847. The first-order valence-electron chi connectivity index (χ1n) is 6.64. The highest BCUT2D eigenvalue weighted by Gasteiger charge is 2.27. The fraction of sp³-hybridized carbons (Fsp3) is 0.923. The van der Waals surface area contributed by atoms with Crippen molar-refractivity contribution < 1.29 is 9.90 Å². The highest BCUT2D eigenvalue weighted by Crippen LogP contribution is 2.18. The Labute approximate surface area is 105 Å². The van der Waals surface area contributed by atoms with Crippen LogP contribution in [0.15, 0.2) is 0 Å². The van der Waals surface area contributed by atoms with Crippen LogP contribution in [0.4, 0.5) is 4.79 Å². The van der Waals surface area contributed by atoms with E-state index < -0.39 is 5.60 Å². The van der Waals surface area contributed by atoms with Crippen LogP contribution < -0.4 is 10.6 Å². The van der Waals surface area contributed by atoms with Gasteiger partial charge in [-0.3, -0.25) is 0 Å². The molecule has 3 N–H and O–H groups in total. The van der Waals surface area contributed by atoms with Gasteiger partial charge in [-0.1, -0.05) is 34.1 Å². The van der Waals surface area contributed by atoms with E-state index in [1.165, 1.54) is 0 Å². The first-order valence-corrected chi connectivity index (χ1v) is 6.64. The standard InChI is InChI=1S/C13H28N2O2/c1-6-10(4)13(5,17)9-14-12(16)15-11(7-2)8-3/h10-11,17H,6-9H2,1-5H3,(H2,14,15,16). The lowest BCUT2D eigenvalue weighted by atomic mass is 9.89. The van der Waals surface area contributed by atoms with E-state index in [2.05, 4.69) is 10.6 Å². The molecule has 102 valence electrons. The maximum absolute atomic E-state index is 11.6. The van der Waals surface area contributed by atoms with E-state index in [0.29, 0.717) is 0 Å². The molecule has 0 heterocycles. The molecule has 17 heavy (non-hydrogen) atoms. The number of amides is 2. The van der Waals surface area contributed by atoms with Gasteiger partial charge in [0.05, 0.1) is 5.60 Å². The Bertz CT molecular complexity index is 225. The van der Waals surface area contributed by atoms with Crippen molar-refractivity contribution in [2.45, 2.75) is 65.5 Å². The molecule has 0 spiro atoms. The van der Waals surface area contributed by atoms with Gasteiger partial charge >= 0.3 is 6.03 Å². The van der Waals surface area contributed by atoms with Crippen molar-refractivity contribution >= 4 is 6.03 Å². The monoisotopic (exact) mass is 244 g/mol. The Hall–Kier alpha value is -0.770. The zero-order valence-electron chi connectivity index (χ0n) is 11.8. The number of rotatable bonds is 7. The second-order valence-electron chi connectivity index (χ2n) is 5.01. The van der Waals surface area contributed by atoms with E-state index >= 15 is 0 Å². The van der Waals surface area contributed by atoms with Crippen LogP contribution in [-0.4, -0.2) is 29.3 Å². The average molecular weight is 244 g/mol. The van der Waals surface area contributed by atoms with Crippen molar-refractivity contribution in [3.05, 3.63) is 0 Å². The molecular weight excluding hydrogens is 216 g/mol. The van der Waals surface area contributed by atoms with Gasteiger partial charge in [0.1, 0.15) is 0 Å². The predicted molar refractivity (Wildman–Crippen MR) is 71.0 cm³/mol. The minimum Gasteiger partial charge on any atom is -0.388 e. The molecule has 0 rings (SSSR count). The normalized spacial score (nSPS) is 16.4. The van der Waals surface area contributed by atoms with Gasteiger partial charge in [-0.25, -0.2) is 4.79 Å². The molecule has 0 saturated heterocycles. The summed E-state index contributed by atoms with van der Waals surface area (Å²) >= 11 is 0. The van der Waals surface area contributed by atoms with E-state index in [9.17, 15) is 9.90 Å². The fourth-order valence-electron chi connectivity index (χ4n) is 1.60. The molecule has 2 atom stereocenters. The van der Waals surface area contributed by atoms with Gasteiger partial charge in [-0.05, 0) is 25.7 Å². The number of nitrogens with one attached hydrogen (secondary N) is 2. The zero-order chi connectivity index (χ0) is 13.5. The average Bonchev–Trinajstić information content (AvgIpc) is 2.32. The van der Waals surface area contributed by atoms with Crippen molar-refractivity contribution in [2.24, 2.45) is 5.92 Å². The summed E-state index contributed by atoms with van der Waals surface area (Å²) in [6, 6.07) is 0.0193. The third kappa shape index (κ3) is 5.91. The third-order valence-electron chi connectivity index (χ3n) is 3.60. The van der Waals surface area contributed by atoms with Gasteiger partial charge in [-0.15, -0.1) is 0 Å². The van der Waals surface area contributed by atoms with Crippen LogP contribution in [0.2, 0.25) is 0 Å². The second-order valence-corrected chi connectivity index (χ2v) is 5.01. The SMILES string of the molecule is CCC(CC)NC(=O)NCC(C)(O)C(C)CC. The zero-order valence-corrected chi connectivity index (χ0v) is 11.8. The van der Waals surface area contributed by atoms with Crippen LogP contribution >= 0.6 is 0 Å². The van der Waals surface area contributed by atoms with E-state index in [1.807, 2.05) is 27.7 Å². The van der Waals surface area contributed by atoms with Gasteiger partial charge in [0.15, 0.2) is 0 Å². The Kier molecular flexibility index (Phi) is 7.19. The van der Waals surface area contributed by atoms with E-state index in [4.69, 9.17) is 0 Å². The number of hydrogen-bond donors (Lipinski definition) is 3. The minimum absolute atomic E-state index is 0.163. The predicted octanol–water partition coefficient (Wildman–Crippen LogP) is 2.27. The van der Waals surface area contributed by atoms with Gasteiger partial charge in [0.25, 0.3) is 0 Å². The van der Waals surface area contributed by atoms with E-state index in [1.54, 1.807) is 6.92 Å². The first-order chi connectivity index (χ1) is 7.87. The Morgan fingerprint density at radius 1 is 1.24 bits per heavy atom. The van der Waals surface area contributed by atoms with Crippen molar-refractivity contribution in [1.82, 2.24) is 10.6 Å². The van der Waals surface area contributed by atoms with E-state index in [0.717, 1.165) is 19.3 Å². The largest absolute Gasteiger partial charge is 0.388 e. The summed E-state index contributed by atoms with van der Waals surface area (Å²) in [7, 11) is 0. The number of carbonyl (C=O) groups excluding carboxylic acids is 1. The lowest BCUT2D eigenvalue weighted by Crippen LogP contribution is -2.49. The van der Waals surface area contributed by atoms with Crippen LogP contribution in [0.5, 0.6) is 0 Å². The van der Waals surface area contributed by atoms with Crippen molar-refractivity contribution in [3.8, 4) is 0 Å². The quantitative estimate of drug-likeness (QED) is 0.643. The van der Waals surface area contributed by atoms with Crippen molar-refractivity contribution in [2.75, 3.05) is 6.54 Å². The van der Waals surface area contributed by atoms with Crippen LogP contribution in [0.25, 0.3) is 0 Å². The Morgan fingerprint density at radius 2 is 1.76 bits per heavy atom. The first kappa shape index (κ1) is 16.2. The van der Waals surface area contributed by atoms with Crippen LogP contribution in [0.1, 0.15) is 53.9 Å². The fourth-order valence-corrected chi connectivity index (χ4v) is 1.60. The smallest absolute Gasteiger partial charge is 0.315 e. The van der Waals surface area contributed by atoms with Crippen LogP contribution in [-0.2, 0) is 0 Å². The highest BCUT2D eigenvalue weighted by molar-refractivity contribution is 5.74. The molecule has 0 aromatic rings. The molecule has 4 heteroatoms. The molecular formula is C13H28N2O2. The molecule has 0 saturated carbocycles. The van der Waals surface area contributed by atoms with Crippen molar-refractivity contribution in [3.63, 3.8) is 0 Å². The Morgan fingerprint density at radius 3 is 2.18 bits per heavy atom. The molecule has 0 aliphatic carbocycles. The summed E-state index contributed by atoms with van der Waals surface area (Å²) in [6.45, 7) is 10.2. The summed E-state index contributed by atoms with van der Waals surface area (Å²) in [5.74, 6) is 0.163. The molecule has 2 amide bonds. The number of hydrogen-bond acceptors (Lipinski definition) is 2. The summed E-state index contributed by atoms with van der Waals surface area (Å²) in [5, 5.41) is 15.8. The number of carbonyl (C=O) groups is 1. The molecule has 0 aliphatic heterocycles. The maximum atomic E-state index is 11.6. The summed E-state index contributed by atoms with van der Waals surface area (Å²) in [4.78, 5) is 11.6. The van der Waals surface area contributed by atoms with Gasteiger partial charge in [-0.2, -0.15) is 0 Å². The maximum Gasteiger partial charge on any atom is 0.315 e. The molecule has 0 fully saturated rings. The topological polar surface area (TPSA) is 61.4 Å². The molecule has 0 aromatic heterocycles. The molecule has 4 nitrogen and oxygen atoms in total. The van der Waals surface area contributed by atoms with Crippen molar-refractivity contribution in [1.29, 1.82) is 0 Å².